The number of carbonyl (C=O) groups is 2. The van der Waals surface area contributed by atoms with E-state index in [0.29, 0.717) is 13.1 Å². The first-order chi connectivity index (χ1) is 11.3. The van der Waals surface area contributed by atoms with Crippen molar-refractivity contribution in [2.45, 2.75) is 19.0 Å². The molecule has 0 spiro atoms. The minimum Gasteiger partial charge on any atom is -0.359 e. The molecule has 1 saturated heterocycles. The fourth-order valence-corrected chi connectivity index (χ4v) is 2.79. The summed E-state index contributed by atoms with van der Waals surface area (Å²) in [6, 6.07) is 4.52. The fraction of sp³-hybridized carbons (Fsp3) is 0.500. The molecule has 132 valence electrons. The Morgan fingerprint density at radius 1 is 1.33 bits per heavy atom. The molecule has 5 nitrogen and oxygen atoms in total. The Bertz CT molecular complexity index is 604. The van der Waals surface area contributed by atoms with E-state index in [9.17, 15) is 22.8 Å². The minimum absolute atomic E-state index is 0.0454. The Labute approximate surface area is 138 Å². The van der Waals surface area contributed by atoms with Crippen LogP contribution in [-0.2, 0) is 15.8 Å². The van der Waals surface area contributed by atoms with E-state index in [4.69, 9.17) is 0 Å². The summed E-state index contributed by atoms with van der Waals surface area (Å²) in [5.41, 5.74) is -0.701. The number of rotatable bonds is 4. The van der Waals surface area contributed by atoms with E-state index in [-0.39, 0.29) is 24.1 Å². The van der Waals surface area contributed by atoms with E-state index in [1.165, 1.54) is 12.1 Å². The van der Waals surface area contributed by atoms with Crippen LogP contribution in [0.25, 0.3) is 0 Å². The number of likely N-dealkylation sites (tertiary alicyclic amines) is 1. The maximum absolute atomic E-state index is 12.7. The van der Waals surface area contributed by atoms with Crippen molar-refractivity contribution in [3.05, 3.63) is 29.8 Å². The number of hydrogen-bond acceptors (Lipinski definition) is 3. The van der Waals surface area contributed by atoms with Gasteiger partial charge in [0.1, 0.15) is 0 Å². The van der Waals surface area contributed by atoms with Gasteiger partial charge in [-0.1, -0.05) is 6.07 Å². The third-order valence-electron chi connectivity index (χ3n) is 3.96. The van der Waals surface area contributed by atoms with Crippen molar-refractivity contribution in [2.75, 3.05) is 32.0 Å². The topological polar surface area (TPSA) is 61.4 Å². The molecule has 2 amide bonds. The molecule has 1 aromatic carbocycles. The summed E-state index contributed by atoms with van der Waals surface area (Å²) < 4.78 is 38.0. The molecule has 1 aliphatic heterocycles. The van der Waals surface area contributed by atoms with E-state index >= 15 is 0 Å². The molecule has 1 aliphatic rings. The predicted octanol–water partition coefficient (Wildman–Crippen LogP) is 2.10. The molecule has 0 aliphatic carbocycles. The lowest BCUT2D eigenvalue weighted by Gasteiger charge is -2.31. The minimum atomic E-state index is -4.45. The molecule has 0 aromatic heterocycles. The second-order valence-corrected chi connectivity index (χ2v) is 5.82. The summed E-state index contributed by atoms with van der Waals surface area (Å²) in [7, 11) is 1.57. The first-order valence-corrected chi connectivity index (χ1v) is 7.70. The van der Waals surface area contributed by atoms with Crippen LogP contribution in [0.5, 0.6) is 0 Å². The smallest absolute Gasteiger partial charge is 0.359 e. The van der Waals surface area contributed by atoms with Gasteiger partial charge in [0, 0.05) is 19.3 Å². The fourth-order valence-electron chi connectivity index (χ4n) is 2.79. The Morgan fingerprint density at radius 2 is 2.08 bits per heavy atom. The predicted molar refractivity (Wildman–Crippen MR) is 83.3 cm³/mol. The number of benzene rings is 1. The zero-order valence-corrected chi connectivity index (χ0v) is 13.3. The van der Waals surface area contributed by atoms with Gasteiger partial charge in [0.25, 0.3) is 0 Å². The Hall–Kier alpha value is -2.09. The van der Waals surface area contributed by atoms with Crippen molar-refractivity contribution >= 4 is 17.5 Å². The summed E-state index contributed by atoms with van der Waals surface area (Å²) in [5, 5.41) is 5.07. The third kappa shape index (κ3) is 4.95. The first-order valence-electron chi connectivity index (χ1n) is 7.70. The second kappa shape index (κ2) is 7.65. The summed E-state index contributed by atoms with van der Waals surface area (Å²) in [6.07, 6.45) is -2.88. The maximum Gasteiger partial charge on any atom is 0.416 e. The molecule has 0 saturated carbocycles. The van der Waals surface area contributed by atoms with Crippen LogP contribution in [0.3, 0.4) is 0 Å². The average Bonchev–Trinajstić information content (AvgIpc) is 2.53. The number of anilines is 1. The van der Waals surface area contributed by atoms with Gasteiger partial charge >= 0.3 is 6.18 Å². The number of piperidine rings is 1. The zero-order valence-electron chi connectivity index (χ0n) is 13.3. The Balaban J connectivity index is 1.92. The van der Waals surface area contributed by atoms with Crippen molar-refractivity contribution < 1.29 is 22.8 Å². The number of carbonyl (C=O) groups excluding carboxylic acids is 2. The second-order valence-electron chi connectivity index (χ2n) is 5.82. The normalized spacial score (nSPS) is 18.9. The van der Waals surface area contributed by atoms with Crippen LogP contribution in [0, 0.1) is 5.92 Å². The molecule has 2 N–H and O–H groups in total. The Kier molecular flexibility index (Phi) is 5.82. The van der Waals surface area contributed by atoms with Crippen LogP contribution in [0.4, 0.5) is 18.9 Å². The van der Waals surface area contributed by atoms with Crippen LogP contribution in [0.15, 0.2) is 24.3 Å². The monoisotopic (exact) mass is 343 g/mol. The van der Waals surface area contributed by atoms with Crippen LogP contribution in [-0.4, -0.2) is 43.4 Å². The quantitative estimate of drug-likeness (QED) is 0.880. The molecule has 8 heteroatoms. The van der Waals surface area contributed by atoms with Crippen molar-refractivity contribution in [1.82, 2.24) is 10.2 Å². The number of halogens is 3. The van der Waals surface area contributed by atoms with E-state index < -0.39 is 17.6 Å². The van der Waals surface area contributed by atoms with E-state index in [1.54, 1.807) is 7.05 Å². The first kappa shape index (κ1) is 18.3. The zero-order chi connectivity index (χ0) is 17.7. The maximum atomic E-state index is 12.7. The highest BCUT2D eigenvalue weighted by atomic mass is 19.4. The van der Waals surface area contributed by atoms with Gasteiger partial charge in [-0.3, -0.25) is 14.5 Å². The lowest BCUT2D eigenvalue weighted by atomic mass is 9.97. The highest BCUT2D eigenvalue weighted by Crippen LogP contribution is 2.30. The molecule has 2 rings (SSSR count). The molecule has 24 heavy (non-hydrogen) atoms. The molecule has 1 heterocycles. The van der Waals surface area contributed by atoms with Crippen molar-refractivity contribution in [3.8, 4) is 0 Å². The van der Waals surface area contributed by atoms with Gasteiger partial charge in [-0.05, 0) is 37.6 Å². The van der Waals surface area contributed by atoms with Crippen LogP contribution >= 0.6 is 0 Å². The summed E-state index contributed by atoms with van der Waals surface area (Å²) >= 11 is 0. The van der Waals surface area contributed by atoms with E-state index in [0.717, 1.165) is 25.0 Å². The van der Waals surface area contributed by atoms with Gasteiger partial charge in [0.2, 0.25) is 11.8 Å². The Morgan fingerprint density at radius 3 is 2.75 bits per heavy atom. The van der Waals surface area contributed by atoms with Gasteiger partial charge < -0.3 is 10.6 Å². The van der Waals surface area contributed by atoms with Crippen molar-refractivity contribution in [2.24, 2.45) is 5.92 Å². The van der Waals surface area contributed by atoms with Gasteiger partial charge in [-0.2, -0.15) is 13.2 Å². The van der Waals surface area contributed by atoms with E-state index in [2.05, 4.69) is 10.6 Å². The summed E-state index contributed by atoms with van der Waals surface area (Å²) in [5.74, 6) is -0.616. The number of hydrogen-bond donors (Lipinski definition) is 2. The van der Waals surface area contributed by atoms with Crippen LogP contribution in [0.2, 0.25) is 0 Å². The van der Waals surface area contributed by atoms with Gasteiger partial charge in [-0.15, -0.1) is 0 Å². The highest BCUT2D eigenvalue weighted by Gasteiger charge is 2.30. The van der Waals surface area contributed by atoms with Gasteiger partial charge in [0.15, 0.2) is 0 Å². The molecule has 1 unspecified atom stereocenters. The van der Waals surface area contributed by atoms with Crippen LogP contribution < -0.4 is 10.6 Å². The average molecular weight is 343 g/mol. The molecule has 1 atom stereocenters. The summed E-state index contributed by atoms with van der Waals surface area (Å²) in [4.78, 5) is 25.6. The van der Waals surface area contributed by atoms with Gasteiger partial charge in [-0.25, -0.2) is 0 Å². The number of amides is 2. The van der Waals surface area contributed by atoms with Crippen LogP contribution in [0.1, 0.15) is 18.4 Å². The number of alkyl halides is 3. The largest absolute Gasteiger partial charge is 0.416 e. The molecule has 1 aromatic rings. The standard InChI is InChI=1S/C16H20F3N3O2/c1-20-15(24)11-4-3-7-22(9-11)10-14(23)21-13-6-2-5-12(8-13)16(17,18)19/h2,5-6,8,11H,3-4,7,9-10H2,1H3,(H,20,24)(H,21,23). The highest BCUT2D eigenvalue weighted by molar-refractivity contribution is 5.92. The lowest BCUT2D eigenvalue weighted by molar-refractivity contribution is -0.137. The number of nitrogens with one attached hydrogen (secondary N) is 2. The third-order valence-corrected chi connectivity index (χ3v) is 3.96. The molecule has 0 bridgehead atoms. The summed E-state index contributed by atoms with van der Waals surface area (Å²) in [6.45, 7) is 1.20. The lowest BCUT2D eigenvalue weighted by Crippen LogP contribution is -2.44. The van der Waals surface area contributed by atoms with E-state index in [1.807, 2.05) is 4.90 Å². The SMILES string of the molecule is CNC(=O)C1CCCN(CC(=O)Nc2cccc(C(F)(F)F)c2)C1. The van der Waals surface area contributed by atoms with Gasteiger partial charge in [0.05, 0.1) is 18.0 Å². The molecule has 1 fully saturated rings. The molecule has 0 radical (unpaired) electrons. The molecular weight excluding hydrogens is 323 g/mol. The number of nitrogens with zero attached hydrogens (tertiary/aromatic N) is 1. The van der Waals surface area contributed by atoms with Crippen molar-refractivity contribution in [1.29, 1.82) is 0 Å². The van der Waals surface area contributed by atoms with Crippen molar-refractivity contribution in [3.63, 3.8) is 0 Å². The molecular formula is C16H20F3N3O2.